The number of carbonyl (C=O) groups is 1. The number of aromatic hydroxyl groups is 1. The molecule has 0 bridgehead atoms. The first-order chi connectivity index (χ1) is 8.20. The maximum Gasteiger partial charge on any atom is 0.346 e. The Morgan fingerprint density at radius 3 is 2.76 bits per heavy atom. The lowest BCUT2D eigenvalue weighted by molar-refractivity contribution is 0.0733. The standard InChI is InChI=1S/C12H10O5/c1-15-11-3-2-9(6-10(11)13)17-12(14)8-4-5-16-7-8/h2-7,13H,1H3. The quantitative estimate of drug-likeness (QED) is 0.651. The van der Waals surface area contributed by atoms with E-state index in [2.05, 4.69) is 0 Å². The molecule has 0 saturated carbocycles. The van der Waals surface area contributed by atoms with E-state index in [9.17, 15) is 9.90 Å². The number of ether oxygens (including phenoxy) is 2. The average molecular weight is 234 g/mol. The van der Waals surface area contributed by atoms with Crippen LogP contribution in [0, 0.1) is 0 Å². The lowest BCUT2D eigenvalue weighted by Gasteiger charge is -2.06. The first kappa shape index (κ1) is 11.1. The van der Waals surface area contributed by atoms with Crippen LogP contribution in [0.4, 0.5) is 0 Å². The predicted octanol–water partition coefficient (Wildman–Crippen LogP) is 2.21. The SMILES string of the molecule is COc1ccc(OC(=O)c2ccoc2)cc1O. The summed E-state index contributed by atoms with van der Waals surface area (Å²) < 4.78 is 14.7. The highest BCUT2D eigenvalue weighted by Crippen LogP contribution is 2.30. The second kappa shape index (κ2) is 4.61. The smallest absolute Gasteiger partial charge is 0.346 e. The minimum atomic E-state index is -0.552. The van der Waals surface area contributed by atoms with E-state index in [1.165, 1.54) is 43.9 Å². The van der Waals surface area contributed by atoms with E-state index in [0.717, 1.165) is 0 Å². The van der Waals surface area contributed by atoms with Gasteiger partial charge in [0.05, 0.1) is 18.9 Å². The van der Waals surface area contributed by atoms with Gasteiger partial charge >= 0.3 is 5.97 Å². The van der Waals surface area contributed by atoms with E-state index in [-0.39, 0.29) is 11.5 Å². The van der Waals surface area contributed by atoms with Gasteiger partial charge in [-0.2, -0.15) is 0 Å². The van der Waals surface area contributed by atoms with Crippen LogP contribution in [0.3, 0.4) is 0 Å². The molecule has 0 unspecified atom stereocenters. The molecule has 1 aromatic heterocycles. The fourth-order valence-corrected chi connectivity index (χ4v) is 1.28. The van der Waals surface area contributed by atoms with Crippen molar-refractivity contribution in [1.82, 2.24) is 0 Å². The van der Waals surface area contributed by atoms with Crippen molar-refractivity contribution in [2.45, 2.75) is 0 Å². The third kappa shape index (κ3) is 2.39. The van der Waals surface area contributed by atoms with Gasteiger partial charge in [-0.3, -0.25) is 0 Å². The molecule has 88 valence electrons. The van der Waals surface area contributed by atoms with Crippen molar-refractivity contribution in [2.75, 3.05) is 7.11 Å². The van der Waals surface area contributed by atoms with Gasteiger partial charge in [0, 0.05) is 6.07 Å². The van der Waals surface area contributed by atoms with Crippen LogP contribution in [0.2, 0.25) is 0 Å². The summed E-state index contributed by atoms with van der Waals surface area (Å²) in [6, 6.07) is 5.83. The van der Waals surface area contributed by atoms with Gasteiger partial charge < -0.3 is 19.0 Å². The Balaban J connectivity index is 2.14. The monoisotopic (exact) mass is 234 g/mol. The lowest BCUT2D eigenvalue weighted by atomic mass is 10.3. The topological polar surface area (TPSA) is 68.9 Å². The zero-order chi connectivity index (χ0) is 12.3. The lowest BCUT2D eigenvalue weighted by Crippen LogP contribution is -2.06. The molecule has 1 aromatic carbocycles. The van der Waals surface area contributed by atoms with Gasteiger partial charge in [0.2, 0.25) is 0 Å². The molecule has 0 aliphatic rings. The number of phenolic OH excluding ortho intramolecular Hbond substituents is 1. The number of hydrogen-bond donors (Lipinski definition) is 1. The summed E-state index contributed by atoms with van der Waals surface area (Å²) in [5.41, 5.74) is 0.306. The number of carbonyl (C=O) groups excluding carboxylic acids is 1. The van der Waals surface area contributed by atoms with Crippen molar-refractivity contribution in [3.05, 3.63) is 42.4 Å². The summed E-state index contributed by atoms with van der Waals surface area (Å²) in [5, 5.41) is 9.50. The molecule has 0 radical (unpaired) electrons. The molecular weight excluding hydrogens is 224 g/mol. The Morgan fingerprint density at radius 2 is 2.18 bits per heavy atom. The van der Waals surface area contributed by atoms with Gasteiger partial charge in [0.1, 0.15) is 12.0 Å². The van der Waals surface area contributed by atoms with Gasteiger partial charge in [0.15, 0.2) is 11.5 Å². The molecule has 1 N–H and O–H groups in total. The van der Waals surface area contributed by atoms with Crippen LogP contribution in [-0.4, -0.2) is 18.2 Å². The van der Waals surface area contributed by atoms with Crippen molar-refractivity contribution in [2.24, 2.45) is 0 Å². The summed E-state index contributed by atoms with van der Waals surface area (Å²) in [6.45, 7) is 0. The van der Waals surface area contributed by atoms with Crippen molar-refractivity contribution in [3.8, 4) is 17.2 Å². The second-order valence-electron chi connectivity index (χ2n) is 3.24. The molecule has 0 saturated heterocycles. The molecular formula is C12H10O5. The maximum atomic E-state index is 11.5. The van der Waals surface area contributed by atoms with Gasteiger partial charge in [-0.05, 0) is 18.2 Å². The summed E-state index contributed by atoms with van der Waals surface area (Å²) in [5.74, 6) is -0.101. The van der Waals surface area contributed by atoms with Crippen molar-refractivity contribution < 1.29 is 23.8 Å². The molecule has 1 heterocycles. The minimum Gasteiger partial charge on any atom is -0.504 e. The van der Waals surface area contributed by atoms with Crippen LogP contribution < -0.4 is 9.47 Å². The first-order valence-corrected chi connectivity index (χ1v) is 4.82. The Labute approximate surface area is 97.2 Å². The zero-order valence-electron chi connectivity index (χ0n) is 9.04. The van der Waals surface area contributed by atoms with Crippen LogP contribution in [-0.2, 0) is 0 Å². The fourth-order valence-electron chi connectivity index (χ4n) is 1.28. The van der Waals surface area contributed by atoms with Crippen LogP contribution in [0.5, 0.6) is 17.2 Å². The Hall–Kier alpha value is -2.43. The van der Waals surface area contributed by atoms with Crippen LogP contribution in [0.15, 0.2) is 41.2 Å². The third-order valence-electron chi connectivity index (χ3n) is 2.12. The van der Waals surface area contributed by atoms with Crippen molar-refractivity contribution in [1.29, 1.82) is 0 Å². The molecule has 2 rings (SSSR count). The van der Waals surface area contributed by atoms with Crippen LogP contribution in [0.25, 0.3) is 0 Å². The number of rotatable bonds is 3. The van der Waals surface area contributed by atoms with E-state index in [1.54, 1.807) is 0 Å². The van der Waals surface area contributed by atoms with E-state index in [4.69, 9.17) is 13.9 Å². The normalized spacial score (nSPS) is 9.94. The van der Waals surface area contributed by atoms with Crippen molar-refractivity contribution in [3.63, 3.8) is 0 Å². The van der Waals surface area contributed by atoms with Gasteiger partial charge in [-0.1, -0.05) is 0 Å². The van der Waals surface area contributed by atoms with E-state index in [0.29, 0.717) is 11.3 Å². The second-order valence-corrected chi connectivity index (χ2v) is 3.24. The number of phenols is 1. The predicted molar refractivity (Wildman–Crippen MR) is 58.3 cm³/mol. The average Bonchev–Trinajstić information content (AvgIpc) is 2.82. The highest BCUT2D eigenvalue weighted by molar-refractivity contribution is 5.90. The molecule has 0 fully saturated rings. The molecule has 0 aliphatic carbocycles. The van der Waals surface area contributed by atoms with Crippen LogP contribution in [0.1, 0.15) is 10.4 Å². The number of hydrogen-bond acceptors (Lipinski definition) is 5. The number of benzene rings is 1. The minimum absolute atomic E-state index is 0.0926. The largest absolute Gasteiger partial charge is 0.504 e. The molecule has 17 heavy (non-hydrogen) atoms. The highest BCUT2D eigenvalue weighted by atomic mass is 16.5. The van der Waals surface area contributed by atoms with Gasteiger partial charge in [-0.25, -0.2) is 4.79 Å². The number of methoxy groups -OCH3 is 1. The molecule has 0 atom stereocenters. The van der Waals surface area contributed by atoms with E-state index in [1.807, 2.05) is 0 Å². The van der Waals surface area contributed by atoms with Gasteiger partial charge in [-0.15, -0.1) is 0 Å². The first-order valence-electron chi connectivity index (χ1n) is 4.82. The number of furan rings is 1. The maximum absolute atomic E-state index is 11.5. The Bertz CT molecular complexity index is 516. The molecule has 5 nitrogen and oxygen atoms in total. The number of esters is 1. The zero-order valence-corrected chi connectivity index (χ0v) is 9.04. The molecule has 5 heteroatoms. The molecule has 0 aliphatic heterocycles. The molecule has 0 amide bonds. The third-order valence-corrected chi connectivity index (χ3v) is 2.12. The van der Waals surface area contributed by atoms with Gasteiger partial charge in [0.25, 0.3) is 0 Å². The van der Waals surface area contributed by atoms with Crippen LogP contribution >= 0.6 is 0 Å². The van der Waals surface area contributed by atoms with E-state index >= 15 is 0 Å². The van der Waals surface area contributed by atoms with E-state index < -0.39 is 5.97 Å². The molecule has 2 aromatic rings. The summed E-state index contributed by atoms with van der Waals surface area (Å²) >= 11 is 0. The molecule has 0 spiro atoms. The summed E-state index contributed by atoms with van der Waals surface area (Å²) in [4.78, 5) is 11.5. The van der Waals surface area contributed by atoms with Crippen molar-refractivity contribution >= 4 is 5.97 Å². The highest BCUT2D eigenvalue weighted by Gasteiger charge is 2.11. The Morgan fingerprint density at radius 1 is 1.35 bits per heavy atom. The summed E-state index contributed by atoms with van der Waals surface area (Å²) in [6.07, 6.45) is 2.66. The fraction of sp³-hybridized carbons (Fsp3) is 0.0833. The summed E-state index contributed by atoms with van der Waals surface area (Å²) in [7, 11) is 1.44. The Kier molecular flexibility index (Phi) is 3.00.